The monoisotopic (exact) mass is 502 g/mol. The summed E-state index contributed by atoms with van der Waals surface area (Å²) in [6.07, 6.45) is 4.86. The number of amides is 2. The van der Waals surface area contributed by atoms with Crippen molar-refractivity contribution in [1.82, 2.24) is 10.2 Å². The number of rotatable bonds is 9. The first-order valence-electron chi connectivity index (χ1n) is 9.84. The van der Waals surface area contributed by atoms with Crippen molar-refractivity contribution in [2.45, 2.75) is 32.2 Å². The maximum atomic E-state index is 12.7. The minimum Gasteiger partial charge on any atom is -0.352 e. The van der Waals surface area contributed by atoms with Crippen LogP contribution in [0.15, 0.2) is 64.0 Å². The first-order chi connectivity index (χ1) is 14.5. The molecule has 2 aromatic carbocycles. The van der Waals surface area contributed by atoms with Crippen LogP contribution in [0, 0.1) is 0 Å². The second-order valence-electron chi connectivity index (χ2n) is 6.96. The molecule has 156 valence electrons. The highest BCUT2D eigenvalue weighted by Crippen LogP contribution is 2.33. The maximum Gasteiger partial charge on any atom is 0.266 e. The van der Waals surface area contributed by atoms with Gasteiger partial charge in [0.2, 0.25) is 5.91 Å². The highest BCUT2D eigenvalue weighted by atomic mass is 79.9. The van der Waals surface area contributed by atoms with Gasteiger partial charge in [-0.25, -0.2) is 0 Å². The lowest BCUT2D eigenvalue weighted by atomic mass is 10.1. The first kappa shape index (κ1) is 22.7. The Morgan fingerprint density at radius 1 is 1.10 bits per heavy atom. The van der Waals surface area contributed by atoms with Crippen LogP contribution in [0.3, 0.4) is 0 Å². The summed E-state index contributed by atoms with van der Waals surface area (Å²) in [5, 5.41) is 2.94. The molecule has 0 aromatic heterocycles. The average molecular weight is 503 g/mol. The zero-order valence-corrected chi connectivity index (χ0v) is 19.7. The lowest BCUT2D eigenvalue weighted by molar-refractivity contribution is -0.123. The van der Waals surface area contributed by atoms with E-state index in [1.54, 1.807) is 4.90 Å². The summed E-state index contributed by atoms with van der Waals surface area (Å²) in [7, 11) is 0. The minimum absolute atomic E-state index is 0.0365. The van der Waals surface area contributed by atoms with Gasteiger partial charge in [-0.3, -0.25) is 14.5 Å². The molecule has 0 unspecified atom stereocenters. The highest BCUT2D eigenvalue weighted by Gasteiger charge is 2.31. The Balaban J connectivity index is 1.38. The zero-order chi connectivity index (χ0) is 21.3. The quantitative estimate of drug-likeness (QED) is 0.278. The van der Waals surface area contributed by atoms with Crippen LogP contribution in [0.4, 0.5) is 0 Å². The van der Waals surface area contributed by atoms with Gasteiger partial charge in [-0.15, -0.1) is 0 Å². The number of halogens is 1. The summed E-state index contributed by atoms with van der Waals surface area (Å²) in [6.45, 7) is 1.15. The van der Waals surface area contributed by atoms with Crippen LogP contribution < -0.4 is 5.32 Å². The Bertz CT molecular complexity index is 947. The van der Waals surface area contributed by atoms with Crippen LogP contribution in [0.1, 0.15) is 36.8 Å². The summed E-state index contributed by atoms with van der Waals surface area (Å²) in [5.74, 6) is 0.0204. The maximum absolute atomic E-state index is 12.7. The normalized spacial score (nSPS) is 15.1. The Morgan fingerprint density at radius 3 is 2.67 bits per heavy atom. The number of nitrogens with zero attached hydrogens (tertiary/aromatic N) is 1. The molecule has 0 bridgehead atoms. The number of benzene rings is 2. The van der Waals surface area contributed by atoms with Gasteiger partial charge in [-0.2, -0.15) is 0 Å². The van der Waals surface area contributed by atoms with Crippen molar-refractivity contribution in [3.05, 3.63) is 75.1 Å². The van der Waals surface area contributed by atoms with Gasteiger partial charge in [-0.05, 0) is 42.2 Å². The van der Waals surface area contributed by atoms with Crippen molar-refractivity contribution in [2.75, 3.05) is 6.54 Å². The molecule has 2 aromatic rings. The molecule has 3 rings (SSSR count). The Morgan fingerprint density at radius 2 is 1.90 bits per heavy atom. The summed E-state index contributed by atoms with van der Waals surface area (Å²) in [5.41, 5.74) is 2.06. The molecular weight excluding hydrogens is 480 g/mol. The van der Waals surface area contributed by atoms with Gasteiger partial charge < -0.3 is 5.32 Å². The fraction of sp³-hybridized carbons (Fsp3) is 0.261. The van der Waals surface area contributed by atoms with Crippen molar-refractivity contribution < 1.29 is 9.59 Å². The fourth-order valence-electron chi connectivity index (χ4n) is 3.06. The van der Waals surface area contributed by atoms with Gasteiger partial charge in [-0.1, -0.05) is 88.8 Å². The van der Waals surface area contributed by atoms with Gasteiger partial charge in [0.1, 0.15) is 4.32 Å². The molecule has 0 spiro atoms. The van der Waals surface area contributed by atoms with E-state index in [2.05, 4.69) is 21.2 Å². The molecule has 0 saturated carbocycles. The molecule has 0 aliphatic carbocycles. The Hall–Kier alpha value is -1.96. The molecule has 2 amide bonds. The third kappa shape index (κ3) is 6.79. The van der Waals surface area contributed by atoms with Gasteiger partial charge in [0.25, 0.3) is 5.91 Å². The molecule has 7 heteroatoms. The number of thioether (sulfide) groups is 1. The predicted molar refractivity (Wildman–Crippen MR) is 131 cm³/mol. The SMILES string of the molecule is O=C(CCCCCN1C(=O)/C(=C/c2cccc(Br)c2)SC1=S)NCc1ccccc1. The van der Waals surface area contributed by atoms with E-state index < -0.39 is 0 Å². The van der Waals surface area contributed by atoms with Gasteiger partial charge in [0.05, 0.1) is 4.91 Å². The Kier molecular flexibility index (Phi) is 8.66. The summed E-state index contributed by atoms with van der Waals surface area (Å²) < 4.78 is 1.57. The molecule has 1 aliphatic rings. The third-order valence-electron chi connectivity index (χ3n) is 4.64. The van der Waals surface area contributed by atoms with E-state index >= 15 is 0 Å². The van der Waals surface area contributed by atoms with Crippen molar-refractivity contribution in [3.63, 3.8) is 0 Å². The molecule has 1 fully saturated rings. The van der Waals surface area contributed by atoms with Crippen molar-refractivity contribution in [1.29, 1.82) is 0 Å². The molecule has 1 heterocycles. The first-order valence-corrected chi connectivity index (χ1v) is 11.9. The van der Waals surface area contributed by atoms with Crippen LogP contribution in [-0.2, 0) is 16.1 Å². The molecule has 30 heavy (non-hydrogen) atoms. The number of unbranched alkanes of at least 4 members (excludes halogenated alkanes) is 2. The van der Waals surface area contributed by atoms with E-state index in [1.165, 1.54) is 11.8 Å². The number of carbonyl (C=O) groups is 2. The smallest absolute Gasteiger partial charge is 0.266 e. The van der Waals surface area contributed by atoms with E-state index in [0.29, 0.717) is 28.7 Å². The van der Waals surface area contributed by atoms with Crippen LogP contribution in [0.25, 0.3) is 6.08 Å². The van der Waals surface area contributed by atoms with Crippen molar-refractivity contribution >= 4 is 62.1 Å². The van der Waals surface area contributed by atoms with Crippen LogP contribution >= 0.6 is 39.9 Å². The summed E-state index contributed by atoms with van der Waals surface area (Å²) in [6, 6.07) is 17.7. The molecular formula is C23H23BrN2O2S2. The van der Waals surface area contributed by atoms with E-state index in [9.17, 15) is 9.59 Å². The van der Waals surface area contributed by atoms with E-state index in [1.807, 2.05) is 60.7 Å². The van der Waals surface area contributed by atoms with Crippen molar-refractivity contribution in [2.24, 2.45) is 0 Å². The van der Waals surface area contributed by atoms with Crippen LogP contribution in [0.2, 0.25) is 0 Å². The van der Waals surface area contributed by atoms with Crippen LogP contribution in [-0.4, -0.2) is 27.6 Å². The zero-order valence-electron chi connectivity index (χ0n) is 16.5. The number of carbonyl (C=O) groups excluding carboxylic acids is 2. The fourth-order valence-corrected chi connectivity index (χ4v) is 4.78. The second kappa shape index (κ2) is 11.4. The summed E-state index contributed by atoms with van der Waals surface area (Å²) in [4.78, 5) is 27.0. The number of hydrogen-bond donors (Lipinski definition) is 1. The molecule has 1 N–H and O–H groups in total. The van der Waals surface area contributed by atoms with Crippen molar-refractivity contribution in [3.8, 4) is 0 Å². The lowest BCUT2D eigenvalue weighted by Crippen LogP contribution is -2.29. The Labute approximate surface area is 195 Å². The molecule has 0 radical (unpaired) electrons. The van der Waals surface area contributed by atoms with E-state index in [-0.39, 0.29) is 11.8 Å². The average Bonchev–Trinajstić information content (AvgIpc) is 3.00. The van der Waals surface area contributed by atoms with E-state index in [0.717, 1.165) is 34.9 Å². The highest BCUT2D eigenvalue weighted by molar-refractivity contribution is 9.10. The third-order valence-corrected chi connectivity index (χ3v) is 6.51. The lowest BCUT2D eigenvalue weighted by Gasteiger charge is -2.14. The van der Waals surface area contributed by atoms with Gasteiger partial charge in [0, 0.05) is 24.0 Å². The van der Waals surface area contributed by atoms with E-state index in [4.69, 9.17) is 12.2 Å². The number of nitrogens with one attached hydrogen (secondary N) is 1. The summed E-state index contributed by atoms with van der Waals surface area (Å²) >= 11 is 10.2. The standard InChI is InChI=1S/C23H23BrN2O2S2/c24-19-11-7-10-18(14-19)15-20-22(28)26(23(29)30-20)13-6-2-5-12-21(27)25-16-17-8-3-1-4-9-17/h1,3-4,7-11,14-15H,2,5-6,12-13,16H2,(H,25,27)/b20-15-. The molecule has 1 aliphatic heterocycles. The minimum atomic E-state index is -0.0365. The van der Waals surface area contributed by atoms with Gasteiger partial charge >= 0.3 is 0 Å². The van der Waals surface area contributed by atoms with Crippen LogP contribution in [0.5, 0.6) is 0 Å². The topological polar surface area (TPSA) is 49.4 Å². The number of hydrogen-bond acceptors (Lipinski definition) is 4. The molecule has 0 atom stereocenters. The second-order valence-corrected chi connectivity index (χ2v) is 9.55. The molecule has 4 nitrogen and oxygen atoms in total. The van der Waals surface area contributed by atoms with Gasteiger partial charge in [0.15, 0.2) is 0 Å². The number of thiocarbonyl (C=S) groups is 1. The largest absolute Gasteiger partial charge is 0.352 e. The predicted octanol–water partition coefficient (Wildman–Crippen LogP) is 5.53. The molecule has 1 saturated heterocycles.